The summed E-state index contributed by atoms with van der Waals surface area (Å²) in [6.07, 6.45) is 5.17. The third-order valence-electron chi connectivity index (χ3n) is 8.24. The number of halogens is 1. The number of aliphatic hydroxyl groups excluding tert-OH is 1. The van der Waals surface area contributed by atoms with Crippen molar-refractivity contribution in [1.29, 1.82) is 0 Å². The van der Waals surface area contributed by atoms with Gasteiger partial charge in [0.2, 0.25) is 5.91 Å². The molecule has 2 aromatic carbocycles. The second kappa shape index (κ2) is 22.3. The van der Waals surface area contributed by atoms with E-state index in [1.165, 1.54) is 12.1 Å². The largest absolute Gasteiger partial charge is 0.493 e. The van der Waals surface area contributed by atoms with Gasteiger partial charge >= 0.3 is 23.9 Å². The first kappa shape index (κ1) is 42.6. The van der Waals surface area contributed by atoms with E-state index in [4.69, 9.17) is 44.3 Å². The van der Waals surface area contributed by atoms with Gasteiger partial charge < -0.3 is 45.0 Å². The van der Waals surface area contributed by atoms with Gasteiger partial charge in [0.25, 0.3) is 0 Å². The average molecular weight is 720 g/mol. The number of amides is 1. The Labute approximate surface area is 297 Å². The molecule has 51 heavy (non-hydrogen) atoms. The second-order valence-corrected chi connectivity index (χ2v) is 12.9. The van der Waals surface area contributed by atoms with Crippen LogP contribution in [0.4, 0.5) is 4.39 Å². The zero-order chi connectivity index (χ0) is 37.9. The highest BCUT2D eigenvalue weighted by atomic mass is 19.1. The highest BCUT2D eigenvalue weighted by Crippen LogP contribution is 2.22. The maximum atomic E-state index is 13.6. The summed E-state index contributed by atoms with van der Waals surface area (Å²) in [6.45, 7) is 11.3. The molecular weight excluding hydrogens is 669 g/mol. The van der Waals surface area contributed by atoms with E-state index < -0.39 is 23.9 Å². The lowest BCUT2D eigenvalue weighted by Crippen LogP contribution is -2.48. The molecule has 282 valence electrons. The van der Waals surface area contributed by atoms with E-state index in [0.717, 1.165) is 88.2 Å². The summed E-state index contributed by atoms with van der Waals surface area (Å²) in [5, 5.41) is 39.5. The van der Waals surface area contributed by atoms with Crippen molar-refractivity contribution in [2.75, 3.05) is 45.9 Å². The van der Waals surface area contributed by atoms with E-state index >= 15 is 0 Å². The van der Waals surface area contributed by atoms with Crippen LogP contribution < -0.4 is 4.74 Å². The Morgan fingerprint density at radius 3 is 1.82 bits per heavy atom. The van der Waals surface area contributed by atoms with Gasteiger partial charge in [-0.1, -0.05) is 38.1 Å². The molecule has 0 radical (unpaired) electrons. The van der Waals surface area contributed by atoms with Gasteiger partial charge in [0, 0.05) is 32.2 Å². The fourth-order valence-electron chi connectivity index (χ4n) is 5.66. The number of benzene rings is 2. The molecule has 2 aromatic rings. The van der Waals surface area contributed by atoms with Crippen molar-refractivity contribution in [1.82, 2.24) is 14.7 Å². The normalized spacial score (nSPS) is 16.5. The number of nitrogens with zero attached hydrogens (tertiary/aromatic N) is 3. The molecule has 0 aliphatic carbocycles. The summed E-state index contributed by atoms with van der Waals surface area (Å²) in [6, 6.07) is 14.5. The fourth-order valence-corrected chi connectivity index (χ4v) is 5.66. The van der Waals surface area contributed by atoms with Gasteiger partial charge in [0.1, 0.15) is 11.6 Å². The Balaban J connectivity index is 0.000000645. The van der Waals surface area contributed by atoms with Crippen molar-refractivity contribution in [2.24, 2.45) is 5.92 Å². The second-order valence-electron chi connectivity index (χ2n) is 12.9. The van der Waals surface area contributed by atoms with Crippen molar-refractivity contribution in [2.45, 2.75) is 71.1 Å². The molecule has 2 aliphatic rings. The number of aliphatic hydroxyl groups is 1. The molecule has 1 unspecified atom stereocenters. The Hall–Kier alpha value is -4.60. The Kier molecular flexibility index (Phi) is 18.6. The number of hydrogen-bond acceptors (Lipinski definition) is 9. The molecule has 2 fully saturated rings. The monoisotopic (exact) mass is 719 g/mol. The standard InChI is InChI=1S/C32H46FN3O3.2C2H2O4/c1-25(2)24-39-31-12-8-26(9-13-31)21-32(38)36(22-27-6-10-28(33)11-7-27)29-14-19-34(20-15-29)17-4-18-35-16-3-5-30(37)23-35;2*3-1(4)2(5)6/h6-13,25,29-30,37H,3-5,14-24H2,1-2H3;2*(H,3,4)(H,5,6). The van der Waals surface area contributed by atoms with Crippen LogP contribution in [0.2, 0.25) is 0 Å². The number of piperidine rings is 2. The van der Waals surface area contributed by atoms with Crippen molar-refractivity contribution >= 4 is 29.8 Å². The van der Waals surface area contributed by atoms with Crippen LogP contribution in [-0.2, 0) is 36.9 Å². The lowest BCUT2D eigenvalue weighted by Gasteiger charge is -2.39. The number of likely N-dealkylation sites (tertiary alicyclic amines) is 2. The first-order chi connectivity index (χ1) is 24.1. The Morgan fingerprint density at radius 2 is 1.31 bits per heavy atom. The van der Waals surface area contributed by atoms with Crippen molar-refractivity contribution in [3.63, 3.8) is 0 Å². The van der Waals surface area contributed by atoms with Gasteiger partial charge in [-0.05, 0) is 93.0 Å². The minimum absolute atomic E-state index is 0.109. The molecule has 0 spiro atoms. The highest BCUT2D eigenvalue weighted by molar-refractivity contribution is 6.27. The van der Waals surface area contributed by atoms with Gasteiger partial charge in [0.05, 0.1) is 19.1 Å². The molecule has 2 heterocycles. The number of carbonyl (C=O) groups is 5. The summed E-state index contributed by atoms with van der Waals surface area (Å²) < 4.78 is 19.3. The van der Waals surface area contributed by atoms with E-state index in [9.17, 15) is 14.3 Å². The van der Waals surface area contributed by atoms with E-state index in [2.05, 4.69) is 23.6 Å². The lowest BCUT2D eigenvalue weighted by atomic mass is 10.0. The molecular formula is C36H50FN3O11. The van der Waals surface area contributed by atoms with Gasteiger partial charge in [-0.25, -0.2) is 23.6 Å². The van der Waals surface area contributed by atoms with Gasteiger partial charge in [-0.2, -0.15) is 0 Å². The summed E-state index contributed by atoms with van der Waals surface area (Å²) in [4.78, 5) is 56.9. The molecule has 1 amide bonds. The van der Waals surface area contributed by atoms with Crippen LogP contribution in [0.15, 0.2) is 48.5 Å². The molecule has 0 saturated carbocycles. The maximum Gasteiger partial charge on any atom is 0.414 e. The molecule has 15 heteroatoms. The fraction of sp³-hybridized carbons (Fsp3) is 0.528. The number of carbonyl (C=O) groups excluding carboxylic acids is 1. The van der Waals surface area contributed by atoms with Crippen LogP contribution >= 0.6 is 0 Å². The lowest BCUT2D eigenvalue weighted by molar-refractivity contribution is -0.159. The summed E-state index contributed by atoms with van der Waals surface area (Å²) in [7, 11) is 0. The average Bonchev–Trinajstić information content (AvgIpc) is 3.08. The number of ether oxygens (including phenoxy) is 1. The number of carboxylic acid groups (broad SMARTS) is 4. The van der Waals surface area contributed by atoms with Crippen molar-refractivity contribution < 1.29 is 58.6 Å². The van der Waals surface area contributed by atoms with Crippen LogP contribution in [0, 0.1) is 11.7 Å². The van der Waals surface area contributed by atoms with E-state index in [1.807, 2.05) is 29.2 Å². The van der Waals surface area contributed by atoms with Gasteiger partial charge in [0.15, 0.2) is 0 Å². The van der Waals surface area contributed by atoms with E-state index in [-0.39, 0.29) is 23.9 Å². The molecule has 1 atom stereocenters. The van der Waals surface area contributed by atoms with Gasteiger partial charge in [-0.15, -0.1) is 0 Å². The van der Waals surface area contributed by atoms with E-state index in [0.29, 0.717) is 25.5 Å². The zero-order valence-electron chi connectivity index (χ0n) is 29.2. The minimum Gasteiger partial charge on any atom is -0.493 e. The molecule has 0 aromatic heterocycles. The summed E-state index contributed by atoms with van der Waals surface area (Å²) in [5.41, 5.74) is 1.93. The van der Waals surface area contributed by atoms with Crippen LogP contribution in [0.5, 0.6) is 5.75 Å². The van der Waals surface area contributed by atoms with Gasteiger partial charge in [-0.3, -0.25) is 4.79 Å². The number of β-amino-alcohol motifs (C(OH)–C–C–N with tert-alkyl or cyclic N) is 1. The third-order valence-corrected chi connectivity index (χ3v) is 8.24. The quantitative estimate of drug-likeness (QED) is 0.200. The SMILES string of the molecule is CC(C)COc1ccc(CC(=O)N(Cc2ccc(F)cc2)C2CCN(CCCN3CCCC(O)C3)CC2)cc1.O=C(O)C(=O)O.O=C(O)C(=O)O. The topological polar surface area (TPSA) is 205 Å². The number of rotatable bonds is 12. The number of hydrogen-bond donors (Lipinski definition) is 5. The Morgan fingerprint density at radius 1 is 0.784 bits per heavy atom. The van der Waals surface area contributed by atoms with Crippen LogP contribution in [-0.4, -0.2) is 128 Å². The predicted octanol–water partition coefficient (Wildman–Crippen LogP) is 3.05. The maximum absolute atomic E-state index is 13.6. The Bertz CT molecular complexity index is 1350. The molecule has 5 N–H and O–H groups in total. The smallest absolute Gasteiger partial charge is 0.414 e. The molecule has 4 rings (SSSR count). The van der Waals surface area contributed by atoms with Crippen molar-refractivity contribution in [3.05, 3.63) is 65.5 Å². The first-order valence-electron chi connectivity index (χ1n) is 16.9. The van der Waals surface area contributed by atoms with E-state index in [1.54, 1.807) is 12.1 Å². The number of aliphatic carboxylic acids is 4. The molecule has 14 nitrogen and oxygen atoms in total. The highest BCUT2D eigenvalue weighted by Gasteiger charge is 2.28. The van der Waals surface area contributed by atoms with Crippen LogP contribution in [0.25, 0.3) is 0 Å². The molecule has 0 bridgehead atoms. The van der Waals surface area contributed by atoms with Crippen LogP contribution in [0.3, 0.4) is 0 Å². The minimum atomic E-state index is -1.82. The molecule has 2 saturated heterocycles. The number of carboxylic acids is 4. The summed E-state index contributed by atoms with van der Waals surface area (Å²) in [5.74, 6) is -6.16. The third kappa shape index (κ3) is 17.3. The zero-order valence-corrected chi connectivity index (χ0v) is 29.2. The first-order valence-corrected chi connectivity index (χ1v) is 16.9. The summed E-state index contributed by atoms with van der Waals surface area (Å²) >= 11 is 0. The van der Waals surface area contributed by atoms with Crippen LogP contribution in [0.1, 0.15) is 57.1 Å². The predicted molar refractivity (Wildman–Crippen MR) is 184 cm³/mol. The molecule has 2 aliphatic heterocycles. The van der Waals surface area contributed by atoms with Crippen molar-refractivity contribution in [3.8, 4) is 5.75 Å².